The maximum absolute atomic E-state index is 12.9. The Balaban J connectivity index is 1.57. The van der Waals surface area contributed by atoms with Gasteiger partial charge in [0, 0.05) is 11.9 Å². The highest BCUT2D eigenvalue weighted by Crippen LogP contribution is 2.32. The first-order valence-corrected chi connectivity index (χ1v) is 10.1. The van der Waals surface area contributed by atoms with Crippen molar-refractivity contribution in [3.05, 3.63) is 87.1 Å². The number of aryl methyl sites for hydroxylation is 1. The van der Waals surface area contributed by atoms with E-state index in [2.05, 4.69) is 24.3 Å². The number of benzene rings is 2. The molecule has 3 aromatic rings. The predicted octanol–water partition coefficient (Wildman–Crippen LogP) is 5.70. The van der Waals surface area contributed by atoms with Gasteiger partial charge in [-0.1, -0.05) is 67.3 Å². The van der Waals surface area contributed by atoms with Gasteiger partial charge in [-0.25, -0.2) is 4.79 Å². The maximum atomic E-state index is 12.9. The van der Waals surface area contributed by atoms with Crippen LogP contribution in [0.15, 0.2) is 59.5 Å². The van der Waals surface area contributed by atoms with Gasteiger partial charge in [0.05, 0.1) is 17.3 Å². The molecule has 0 spiro atoms. The van der Waals surface area contributed by atoms with Gasteiger partial charge < -0.3 is 0 Å². The molecule has 0 radical (unpaired) electrons. The van der Waals surface area contributed by atoms with Crippen LogP contribution in [0.2, 0.25) is 5.02 Å². The van der Waals surface area contributed by atoms with Gasteiger partial charge in [0.2, 0.25) is 0 Å². The van der Waals surface area contributed by atoms with Gasteiger partial charge in [-0.2, -0.15) is 0 Å². The molecule has 0 atom stereocenters. The molecule has 1 saturated carbocycles. The summed E-state index contributed by atoms with van der Waals surface area (Å²) in [6, 6.07) is 16.3. The molecule has 1 aromatic heterocycles. The molecule has 4 rings (SSSR count). The Morgan fingerprint density at radius 1 is 1.00 bits per heavy atom. The minimum Gasteiger partial charge on any atom is -0.294 e. The summed E-state index contributed by atoms with van der Waals surface area (Å²) in [7, 11) is 0. The van der Waals surface area contributed by atoms with Crippen molar-refractivity contribution in [2.24, 2.45) is 0 Å². The van der Waals surface area contributed by atoms with Gasteiger partial charge >= 0.3 is 5.69 Å². The molecule has 140 valence electrons. The second-order valence-corrected chi connectivity index (χ2v) is 7.95. The third-order valence-corrected chi connectivity index (χ3v) is 5.95. The Morgan fingerprint density at radius 3 is 2.41 bits per heavy atom. The molecule has 4 heteroatoms. The second kappa shape index (κ2) is 7.77. The number of hydrogen-bond acceptors (Lipinski definition) is 1. The molecule has 0 aliphatic heterocycles. The van der Waals surface area contributed by atoms with Crippen LogP contribution in [0.1, 0.15) is 54.8 Å². The van der Waals surface area contributed by atoms with E-state index in [4.69, 9.17) is 11.6 Å². The maximum Gasteiger partial charge on any atom is 0.333 e. The Labute approximate surface area is 165 Å². The highest BCUT2D eigenvalue weighted by atomic mass is 35.5. The second-order valence-electron chi connectivity index (χ2n) is 7.54. The highest BCUT2D eigenvalue weighted by molar-refractivity contribution is 6.32. The molecule has 1 aliphatic carbocycles. The molecule has 1 fully saturated rings. The molecule has 3 nitrogen and oxygen atoms in total. The first-order chi connectivity index (χ1) is 13.1. The van der Waals surface area contributed by atoms with Crippen molar-refractivity contribution in [3.8, 4) is 5.69 Å². The number of nitrogens with zero attached hydrogens (tertiary/aromatic N) is 2. The van der Waals surface area contributed by atoms with E-state index < -0.39 is 0 Å². The van der Waals surface area contributed by atoms with Crippen LogP contribution in [0.25, 0.3) is 5.69 Å². The van der Waals surface area contributed by atoms with Crippen LogP contribution in [0.4, 0.5) is 0 Å². The molecule has 0 N–H and O–H groups in total. The van der Waals surface area contributed by atoms with E-state index in [0.717, 1.165) is 16.9 Å². The number of halogens is 1. The van der Waals surface area contributed by atoms with Crippen LogP contribution in [0, 0.1) is 6.92 Å². The fraction of sp³-hybridized carbons (Fsp3) is 0.348. The van der Waals surface area contributed by atoms with Crippen molar-refractivity contribution in [2.75, 3.05) is 0 Å². The van der Waals surface area contributed by atoms with Crippen LogP contribution >= 0.6 is 11.6 Å². The third kappa shape index (κ3) is 3.74. The van der Waals surface area contributed by atoms with E-state index in [-0.39, 0.29) is 5.69 Å². The van der Waals surface area contributed by atoms with Gasteiger partial charge in [0.25, 0.3) is 0 Å². The van der Waals surface area contributed by atoms with E-state index in [1.165, 1.54) is 37.7 Å². The lowest BCUT2D eigenvalue weighted by atomic mass is 9.84. The molecule has 0 unspecified atom stereocenters. The summed E-state index contributed by atoms with van der Waals surface area (Å²) in [6.07, 6.45) is 8.57. The van der Waals surface area contributed by atoms with E-state index >= 15 is 0 Å². The predicted molar refractivity (Wildman–Crippen MR) is 111 cm³/mol. The molecule has 0 saturated heterocycles. The summed E-state index contributed by atoms with van der Waals surface area (Å²) in [6.45, 7) is 2.51. The fourth-order valence-corrected chi connectivity index (χ4v) is 4.41. The van der Waals surface area contributed by atoms with Crippen molar-refractivity contribution in [2.45, 2.75) is 51.5 Å². The van der Waals surface area contributed by atoms with Gasteiger partial charge in [0.15, 0.2) is 0 Å². The number of hydrogen-bond donors (Lipinski definition) is 0. The first-order valence-electron chi connectivity index (χ1n) is 9.76. The number of imidazole rings is 1. The quantitative estimate of drug-likeness (QED) is 0.570. The van der Waals surface area contributed by atoms with E-state index in [1.807, 2.05) is 37.4 Å². The van der Waals surface area contributed by atoms with Crippen molar-refractivity contribution in [1.29, 1.82) is 0 Å². The Morgan fingerprint density at radius 2 is 1.70 bits per heavy atom. The molecular weight excluding hydrogens is 356 g/mol. The van der Waals surface area contributed by atoms with Gasteiger partial charge in [-0.15, -0.1) is 0 Å². The van der Waals surface area contributed by atoms with Crippen LogP contribution < -0.4 is 5.69 Å². The lowest BCUT2D eigenvalue weighted by Crippen LogP contribution is -2.24. The van der Waals surface area contributed by atoms with Crippen molar-refractivity contribution in [3.63, 3.8) is 0 Å². The van der Waals surface area contributed by atoms with Crippen LogP contribution in [0.3, 0.4) is 0 Å². The summed E-state index contributed by atoms with van der Waals surface area (Å²) in [4.78, 5) is 12.9. The number of para-hydroxylation sites is 1. The lowest BCUT2D eigenvalue weighted by Gasteiger charge is -2.22. The zero-order valence-electron chi connectivity index (χ0n) is 15.7. The third-order valence-electron chi connectivity index (χ3n) is 5.63. The summed E-state index contributed by atoms with van der Waals surface area (Å²) >= 11 is 6.29. The van der Waals surface area contributed by atoms with Crippen molar-refractivity contribution >= 4 is 11.6 Å². The number of aromatic nitrogens is 2. The molecule has 0 amide bonds. The summed E-state index contributed by atoms with van der Waals surface area (Å²) < 4.78 is 3.44. The van der Waals surface area contributed by atoms with Crippen LogP contribution in [-0.2, 0) is 6.54 Å². The summed E-state index contributed by atoms with van der Waals surface area (Å²) in [5.74, 6) is 0.707. The zero-order valence-corrected chi connectivity index (χ0v) is 16.5. The largest absolute Gasteiger partial charge is 0.333 e. The smallest absolute Gasteiger partial charge is 0.294 e. The van der Waals surface area contributed by atoms with Crippen LogP contribution in [-0.4, -0.2) is 9.13 Å². The lowest BCUT2D eigenvalue weighted by molar-refractivity contribution is 0.443. The number of rotatable bonds is 4. The SMILES string of the molecule is Cc1cn(Cc2ccc(C3CCCCC3)cc2)c(=O)n1-c1ccccc1Cl. The van der Waals surface area contributed by atoms with Gasteiger partial charge in [-0.3, -0.25) is 9.13 Å². The Bertz CT molecular complexity index is 978. The summed E-state index contributed by atoms with van der Waals surface area (Å²) in [5, 5.41) is 0.581. The fourth-order valence-electron chi connectivity index (χ4n) is 4.19. The normalized spacial score (nSPS) is 15.2. The average molecular weight is 381 g/mol. The monoisotopic (exact) mass is 380 g/mol. The van der Waals surface area contributed by atoms with E-state index in [9.17, 15) is 4.79 Å². The Kier molecular flexibility index (Phi) is 5.22. The minimum absolute atomic E-state index is 0.0584. The molecule has 27 heavy (non-hydrogen) atoms. The molecule has 1 heterocycles. The molecule has 1 aliphatic rings. The van der Waals surface area contributed by atoms with Gasteiger partial charge in [0.1, 0.15) is 0 Å². The minimum atomic E-state index is -0.0584. The molecule has 2 aromatic carbocycles. The van der Waals surface area contributed by atoms with Gasteiger partial charge in [-0.05, 0) is 48.9 Å². The average Bonchev–Trinajstić information content (AvgIpc) is 2.97. The summed E-state index contributed by atoms with van der Waals surface area (Å²) in [5.41, 5.74) is 4.14. The van der Waals surface area contributed by atoms with E-state index in [0.29, 0.717) is 17.5 Å². The zero-order chi connectivity index (χ0) is 18.8. The highest BCUT2D eigenvalue weighted by Gasteiger charge is 2.16. The van der Waals surface area contributed by atoms with Crippen LogP contribution in [0.5, 0.6) is 0 Å². The molecular formula is C23H25ClN2O. The molecule has 0 bridgehead atoms. The van der Waals surface area contributed by atoms with Crippen molar-refractivity contribution < 1.29 is 0 Å². The van der Waals surface area contributed by atoms with Crippen molar-refractivity contribution in [1.82, 2.24) is 9.13 Å². The van der Waals surface area contributed by atoms with E-state index in [1.54, 1.807) is 9.13 Å². The standard InChI is InChI=1S/C23H25ClN2O/c1-17-15-25(23(27)26(17)22-10-6-5-9-21(22)24)16-18-11-13-20(14-12-18)19-7-3-2-4-8-19/h5-6,9-15,19H,2-4,7-8,16H2,1H3. The topological polar surface area (TPSA) is 26.9 Å². The Hall–Kier alpha value is -2.26. The first kappa shape index (κ1) is 18.1.